The molecule has 2 aromatic rings. The first-order valence-corrected chi connectivity index (χ1v) is 8.82. The summed E-state index contributed by atoms with van der Waals surface area (Å²) < 4.78 is 5.33. The molecule has 0 N–H and O–H groups in total. The number of thiazole rings is 1. The van der Waals surface area contributed by atoms with Gasteiger partial charge in [0, 0.05) is 5.38 Å². The van der Waals surface area contributed by atoms with Crippen molar-refractivity contribution in [1.29, 1.82) is 0 Å². The molecule has 1 aromatic carbocycles. The second-order valence-corrected chi connectivity index (χ2v) is 7.24. The number of nitrogens with zero attached hydrogens (tertiary/aromatic N) is 2. The smallest absolute Gasteiger partial charge is 0.330 e. The van der Waals surface area contributed by atoms with E-state index in [-0.39, 0.29) is 12.5 Å². The number of amides is 2. The van der Waals surface area contributed by atoms with Gasteiger partial charge < -0.3 is 4.74 Å². The molecule has 3 rings (SSSR count). The Labute approximate surface area is 149 Å². The lowest BCUT2D eigenvalue weighted by Gasteiger charge is -2.27. The summed E-state index contributed by atoms with van der Waals surface area (Å²) in [4.78, 5) is 43.1. The van der Waals surface area contributed by atoms with Crippen LogP contribution in [0.3, 0.4) is 0 Å². The summed E-state index contributed by atoms with van der Waals surface area (Å²) in [5.74, 6) is -1.79. The van der Waals surface area contributed by atoms with Crippen molar-refractivity contribution < 1.29 is 19.1 Å². The van der Waals surface area contributed by atoms with E-state index >= 15 is 0 Å². The minimum Gasteiger partial charge on any atom is -0.458 e. The van der Waals surface area contributed by atoms with Crippen molar-refractivity contribution in [3.8, 4) is 0 Å². The number of hydrogen-bond donors (Lipinski definition) is 0. The number of ether oxygens (including phenoxy) is 1. The molecule has 2 amide bonds. The van der Waals surface area contributed by atoms with Crippen LogP contribution in [0.2, 0.25) is 0 Å². The highest BCUT2D eigenvalue weighted by atomic mass is 32.1. The third-order valence-electron chi connectivity index (χ3n) is 4.01. The quantitative estimate of drug-likeness (QED) is 0.607. The Morgan fingerprint density at radius 1 is 1.20 bits per heavy atom. The van der Waals surface area contributed by atoms with Gasteiger partial charge in [-0.2, -0.15) is 0 Å². The first-order valence-electron chi connectivity index (χ1n) is 7.94. The van der Waals surface area contributed by atoms with E-state index in [4.69, 9.17) is 4.74 Å². The van der Waals surface area contributed by atoms with E-state index in [1.54, 1.807) is 38.1 Å². The molecule has 0 unspecified atom stereocenters. The van der Waals surface area contributed by atoms with Crippen LogP contribution < -0.4 is 0 Å². The molecule has 0 aliphatic carbocycles. The second kappa shape index (κ2) is 6.76. The zero-order valence-corrected chi connectivity index (χ0v) is 15.0. The molecule has 2 heterocycles. The van der Waals surface area contributed by atoms with E-state index in [2.05, 4.69) is 4.98 Å². The first kappa shape index (κ1) is 17.3. The summed E-state index contributed by atoms with van der Waals surface area (Å²) in [6, 6.07) is 5.61. The number of rotatable bonds is 5. The fourth-order valence-electron chi connectivity index (χ4n) is 2.84. The summed E-state index contributed by atoms with van der Waals surface area (Å²) in [5.41, 5.74) is 1.29. The summed E-state index contributed by atoms with van der Waals surface area (Å²) >= 11 is 1.47. The summed E-state index contributed by atoms with van der Waals surface area (Å²) in [7, 11) is 0. The van der Waals surface area contributed by atoms with E-state index in [9.17, 15) is 14.4 Å². The molecule has 6 nitrogen and oxygen atoms in total. The largest absolute Gasteiger partial charge is 0.458 e. The lowest BCUT2D eigenvalue weighted by molar-refractivity contribution is -0.151. The van der Waals surface area contributed by atoms with E-state index in [1.807, 2.05) is 12.3 Å². The van der Waals surface area contributed by atoms with E-state index in [0.29, 0.717) is 16.8 Å². The Kier molecular flexibility index (Phi) is 4.67. The van der Waals surface area contributed by atoms with Gasteiger partial charge in [0.2, 0.25) is 0 Å². The number of carbonyl (C=O) groups is 3. The fourth-order valence-corrected chi connectivity index (χ4v) is 3.44. The molecule has 130 valence electrons. The number of benzene rings is 1. The Morgan fingerprint density at radius 3 is 2.28 bits per heavy atom. The van der Waals surface area contributed by atoms with Gasteiger partial charge in [0.1, 0.15) is 12.6 Å². The van der Waals surface area contributed by atoms with E-state index in [1.165, 1.54) is 11.3 Å². The van der Waals surface area contributed by atoms with Crippen LogP contribution in [-0.2, 0) is 16.1 Å². The second-order valence-electron chi connectivity index (χ2n) is 6.18. The van der Waals surface area contributed by atoms with Gasteiger partial charge in [0.05, 0.1) is 21.8 Å². The number of aromatic nitrogens is 1. The summed E-state index contributed by atoms with van der Waals surface area (Å²) in [6.45, 7) is 5.45. The van der Waals surface area contributed by atoms with Gasteiger partial charge in [-0.05, 0) is 25.0 Å². The molecule has 7 heteroatoms. The minimum absolute atomic E-state index is 0.0234. The normalized spacial score (nSPS) is 14.8. The molecule has 1 aromatic heterocycles. The maximum atomic E-state index is 12.6. The van der Waals surface area contributed by atoms with Crippen molar-refractivity contribution in [2.75, 3.05) is 0 Å². The highest BCUT2D eigenvalue weighted by Crippen LogP contribution is 2.27. The lowest BCUT2D eigenvalue weighted by Crippen LogP contribution is -2.48. The highest BCUT2D eigenvalue weighted by Gasteiger charge is 2.44. The van der Waals surface area contributed by atoms with E-state index in [0.717, 1.165) is 9.91 Å². The van der Waals surface area contributed by atoms with Gasteiger partial charge in [0.25, 0.3) is 11.8 Å². The Bertz CT molecular complexity index is 808. The Morgan fingerprint density at radius 2 is 1.80 bits per heavy atom. The van der Waals surface area contributed by atoms with Gasteiger partial charge >= 0.3 is 5.97 Å². The zero-order valence-electron chi connectivity index (χ0n) is 14.2. The molecule has 0 radical (unpaired) electrons. The number of esters is 1. The number of fused-ring (bicyclic) bond motifs is 1. The fraction of sp³-hybridized carbons (Fsp3) is 0.333. The Hall–Kier alpha value is -2.54. The van der Waals surface area contributed by atoms with Crippen LogP contribution in [0.25, 0.3) is 0 Å². The minimum atomic E-state index is -0.966. The monoisotopic (exact) mass is 358 g/mol. The van der Waals surface area contributed by atoms with Crippen molar-refractivity contribution in [3.63, 3.8) is 0 Å². The van der Waals surface area contributed by atoms with Crippen molar-refractivity contribution >= 4 is 29.1 Å². The van der Waals surface area contributed by atoms with Gasteiger partial charge in [-0.25, -0.2) is 9.78 Å². The molecule has 0 fully saturated rings. The SMILES string of the molecule is Cc1nc(COC(=O)[C@H](C(C)C)N2C(=O)c3ccccc3C2=O)cs1. The molecule has 1 atom stereocenters. The predicted molar refractivity (Wildman–Crippen MR) is 92.2 cm³/mol. The third kappa shape index (κ3) is 3.19. The zero-order chi connectivity index (χ0) is 18.1. The molecule has 1 aliphatic rings. The van der Waals surface area contributed by atoms with Crippen LogP contribution in [0.1, 0.15) is 45.3 Å². The number of imide groups is 1. The summed E-state index contributed by atoms with van der Waals surface area (Å²) in [5, 5.41) is 2.70. The number of carbonyl (C=O) groups excluding carboxylic acids is 3. The molecule has 0 saturated carbocycles. The van der Waals surface area contributed by atoms with Crippen LogP contribution in [0.5, 0.6) is 0 Å². The van der Waals surface area contributed by atoms with Crippen LogP contribution in [0.4, 0.5) is 0 Å². The maximum absolute atomic E-state index is 12.6. The van der Waals surface area contributed by atoms with Gasteiger partial charge in [-0.3, -0.25) is 14.5 Å². The maximum Gasteiger partial charge on any atom is 0.330 e. The molecule has 0 spiro atoms. The topological polar surface area (TPSA) is 76.6 Å². The highest BCUT2D eigenvalue weighted by molar-refractivity contribution is 7.09. The standard InChI is InChI=1S/C18H18N2O4S/c1-10(2)15(18(23)24-8-12-9-25-11(3)19-12)20-16(21)13-6-4-5-7-14(13)17(20)22/h4-7,9-10,15H,8H2,1-3H3/t15-/m0/s1. The van der Waals surface area contributed by atoms with Crippen LogP contribution in [-0.4, -0.2) is 33.7 Å². The molecular formula is C18H18N2O4S. The average molecular weight is 358 g/mol. The average Bonchev–Trinajstić information content (AvgIpc) is 3.10. The molecular weight excluding hydrogens is 340 g/mol. The van der Waals surface area contributed by atoms with Crippen molar-refractivity contribution in [1.82, 2.24) is 9.88 Å². The predicted octanol–water partition coefficient (Wildman–Crippen LogP) is 2.82. The molecule has 0 bridgehead atoms. The van der Waals surface area contributed by atoms with E-state index < -0.39 is 23.8 Å². The van der Waals surface area contributed by atoms with Gasteiger partial charge in [-0.15, -0.1) is 11.3 Å². The molecule has 0 saturated heterocycles. The van der Waals surface area contributed by atoms with Crippen LogP contribution in [0.15, 0.2) is 29.6 Å². The molecule has 1 aliphatic heterocycles. The number of hydrogen-bond acceptors (Lipinski definition) is 6. The van der Waals surface area contributed by atoms with Crippen molar-refractivity contribution in [2.45, 2.75) is 33.4 Å². The molecule has 25 heavy (non-hydrogen) atoms. The summed E-state index contributed by atoms with van der Waals surface area (Å²) in [6.07, 6.45) is 0. The van der Waals surface area contributed by atoms with Gasteiger partial charge in [-0.1, -0.05) is 26.0 Å². The number of aryl methyl sites for hydroxylation is 1. The van der Waals surface area contributed by atoms with Crippen molar-refractivity contribution in [3.05, 3.63) is 51.5 Å². The van der Waals surface area contributed by atoms with Crippen LogP contribution in [0, 0.1) is 12.8 Å². The van der Waals surface area contributed by atoms with Crippen LogP contribution >= 0.6 is 11.3 Å². The first-order chi connectivity index (χ1) is 11.9. The van der Waals surface area contributed by atoms with Gasteiger partial charge in [0.15, 0.2) is 0 Å². The lowest BCUT2D eigenvalue weighted by atomic mass is 10.0. The van der Waals surface area contributed by atoms with Crippen molar-refractivity contribution in [2.24, 2.45) is 5.92 Å². The third-order valence-corrected chi connectivity index (χ3v) is 4.83. The Balaban J connectivity index is 1.81.